The van der Waals surface area contributed by atoms with Gasteiger partial charge in [0.05, 0.1) is 5.56 Å². The van der Waals surface area contributed by atoms with Crippen LogP contribution in [0.15, 0.2) is 24.3 Å². The number of phenols is 1. The van der Waals surface area contributed by atoms with Gasteiger partial charge < -0.3 is 5.11 Å². The molecular formula is C7H6O4S. The van der Waals surface area contributed by atoms with Gasteiger partial charge in [0.1, 0.15) is 5.75 Å². The summed E-state index contributed by atoms with van der Waals surface area (Å²) in [5.41, 5.74) is -0.140. The molecule has 0 saturated heterocycles. The van der Waals surface area contributed by atoms with Gasteiger partial charge in [0.15, 0.2) is 0 Å². The van der Waals surface area contributed by atoms with Crippen molar-refractivity contribution in [3.63, 3.8) is 0 Å². The number of rotatable bonds is 1. The molecule has 0 saturated carbocycles. The van der Waals surface area contributed by atoms with E-state index in [4.69, 9.17) is 9.66 Å². The highest BCUT2D eigenvalue weighted by Crippen LogP contribution is 2.16. The number of aromatic hydroxyl groups is 1. The Kier molecular flexibility index (Phi) is 2.57. The van der Waals surface area contributed by atoms with Crippen LogP contribution in [-0.4, -0.2) is 19.0 Å². The maximum absolute atomic E-state index is 10.9. The van der Waals surface area contributed by atoms with Gasteiger partial charge in [-0.3, -0.25) is 9.35 Å². The molecule has 0 radical (unpaired) electrons. The highest BCUT2D eigenvalue weighted by atomic mass is 32.2. The molecule has 0 aromatic heterocycles. The first-order valence-electron chi connectivity index (χ1n) is 3.06. The molecule has 0 fully saturated rings. The Balaban J connectivity index is 3.11. The molecule has 0 aliphatic carbocycles. The zero-order valence-electron chi connectivity index (χ0n) is 5.93. The van der Waals surface area contributed by atoms with Crippen LogP contribution < -0.4 is 0 Å². The molecule has 1 atom stereocenters. The summed E-state index contributed by atoms with van der Waals surface area (Å²) in [7, 11) is 0. The van der Waals surface area contributed by atoms with Crippen LogP contribution in [0.2, 0.25) is 0 Å². The summed E-state index contributed by atoms with van der Waals surface area (Å²) in [6.07, 6.45) is 0. The molecule has 1 unspecified atom stereocenters. The Morgan fingerprint density at radius 3 is 2.42 bits per heavy atom. The molecule has 64 valence electrons. The number of para-hydroxylation sites is 1. The van der Waals surface area contributed by atoms with E-state index in [-0.39, 0.29) is 11.3 Å². The summed E-state index contributed by atoms with van der Waals surface area (Å²) in [6, 6.07) is 5.58. The minimum atomic E-state index is -2.57. The second-order valence-electron chi connectivity index (χ2n) is 2.05. The van der Waals surface area contributed by atoms with Crippen LogP contribution in [-0.2, 0) is 11.1 Å². The summed E-state index contributed by atoms with van der Waals surface area (Å²) in [6.45, 7) is 0. The van der Waals surface area contributed by atoms with Crippen LogP contribution in [0.4, 0.5) is 0 Å². The van der Waals surface area contributed by atoms with E-state index in [1.165, 1.54) is 24.3 Å². The van der Waals surface area contributed by atoms with E-state index in [9.17, 15) is 9.00 Å². The van der Waals surface area contributed by atoms with E-state index in [1.807, 2.05) is 0 Å². The van der Waals surface area contributed by atoms with Crippen molar-refractivity contribution in [2.45, 2.75) is 0 Å². The van der Waals surface area contributed by atoms with Gasteiger partial charge in [0.2, 0.25) is 11.1 Å². The van der Waals surface area contributed by atoms with E-state index in [2.05, 4.69) is 0 Å². The highest BCUT2D eigenvalue weighted by Gasteiger charge is 2.15. The van der Waals surface area contributed by atoms with Crippen molar-refractivity contribution >= 4 is 16.2 Å². The molecule has 1 aromatic carbocycles. The maximum Gasteiger partial charge on any atom is 0.280 e. The number of phenolic OH excluding ortho intramolecular Hbond substituents is 1. The number of benzene rings is 1. The predicted octanol–water partition coefficient (Wildman–Crippen LogP) is 0.754. The van der Waals surface area contributed by atoms with Crippen molar-refractivity contribution in [3.8, 4) is 5.75 Å². The SMILES string of the molecule is O=C(c1ccccc1O)S(=O)O. The van der Waals surface area contributed by atoms with Crippen molar-refractivity contribution in [3.05, 3.63) is 29.8 Å². The van der Waals surface area contributed by atoms with Gasteiger partial charge >= 0.3 is 0 Å². The molecule has 1 aromatic rings. The van der Waals surface area contributed by atoms with Crippen LogP contribution >= 0.6 is 0 Å². The normalized spacial score (nSPS) is 12.4. The zero-order valence-corrected chi connectivity index (χ0v) is 6.75. The van der Waals surface area contributed by atoms with Crippen molar-refractivity contribution in [2.75, 3.05) is 0 Å². The lowest BCUT2D eigenvalue weighted by atomic mass is 10.2. The molecule has 0 aliphatic heterocycles. The molecule has 12 heavy (non-hydrogen) atoms. The Hall–Kier alpha value is -1.20. The number of carbonyl (C=O) groups is 1. The van der Waals surface area contributed by atoms with Crippen molar-refractivity contribution in [1.82, 2.24) is 0 Å². The molecule has 4 nitrogen and oxygen atoms in total. The monoisotopic (exact) mass is 186 g/mol. The van der Waals surface area contributed by atoms with Crippen molar-refractivity contribution in [2.24, 2.45) is 0 Å². The van der Waals surface area contributed by atoms with Crippen LogP contribution in [0, 0.1) is 0 Å². The third kappa shape index (κ3) is 1.69. The largest absolute Gasteiger partial charge is 0.507 e. The van der Waals surface area contributed by atoms with E-state index in [0.717, 1.165) is 0 Å². The summed E-state index contributed by atoms with van der Waals surface area (Å²) >= 11 is -2.57. The average Bonchev–Trinajstić information content (AvgIpc) is 2.04. The lowest BCUT2D eigenvalue weighted by Gasteiger charge is -1.97. The van der Waals surface area contributed by atoms with Gasteiger partial charge in [0, 0.05) is 0 Å². The summed E-state index contributed by atoms with van der Waals surface area (Å²) in [4.78, 5) is 10.9. The second kappa shape index (κ2) is 3.46. The molecule has 0 heterocycles. The molecule has 0 aliphatic rings. The van der Waals surface area contributed by atoms with Crippen LogP contribution in [0.3, 0.4) is 0 Å². The van der Waals surface area contributed by atoms with Crippen molar-refractivity contribution in [1.29, 1.82) is 0 Å². The first kappa shape index (κ1) is 8.89. The predicted molar refractivity (Wildman–Crippen MR) is 43.2 cm³/mol. The molecule has 0 bridgehead atoms. The third-order valence-electron chi connectivity index (χ3n) is 1.28. The molecule has 0 amide bonds. The standard InChI is InChI=1S/C7H6O4S/c8-6-4-2-1-3-5(6)7(9)12(10)11/h1-4,8H,(H,10,11). The topological polar surface area (TPSA) is 74.6 Å². The second-order valence-corrected chi connectivity index (χ2v) is 2.92. The molecular weight excluding hydrogens is 180 g/mol. The van der Waals surface area contributed by atoms with Crippen LogP contribution in [0.5, 0.6) is 5.75 Å². The first-order chi connectivity index (χ1) is 5.63. The minimum Gasteiger partial charge on any atom is -0.507 e. The quantitative estimate of drug-likeness (QED) is 0.635. The van der Waals surface area contributed by atoms with Crippen molar-refractivity contribution < 1.29 is 18.7 Å². The fourth-order valence-electron chi connectivity index (χ4n) is 0.740. The van der Waals surface area contributed by atoms with Gasteiger partial charge in [-0.1, -0.05) is 12.1 Å². The number of carbonyl (C=O) groups excluding carboxylic acids is 1. The molecule has 0 spiro atoms. The van der Waals surface area contributed by atoms with Crippen LogP contribution in [0.1, 0.15) is 10.4 Å². The summed E-state index contributed by atoms with van der Waals surface area (Å²) in [5.74, 6) is -0.287. The highest BCUT2D eigenvalue weighted by molar-refractivity contribution is 7.95. The summed E-state index contributed by atoms with van der Waals surface area (Å²) < 4.78 is 18.7. The number of hydrogen-bond acceptors (Lipinski definition) is 3. The van der Waals surface area contributed by atoms with Gasteiger partial charge in [-0.15, -0.1) is 0 Å². The maximum atomic E-state index is 10.9. The van der Waals surface area contributed by atoms with Crippen LogP contribution in [0.25, 0.3) is 0 Å². The van der Waals surface area contributed by atoms with Gasteiger partial charge in [0.25, 0.3) is 5.12 Å². The molecule has 2 N–H and O–H groups in total. The van der Waals surface area contributed by atoms with E-state index in [0.29, 0.717) is 0 Å². The van der Waals surface area contributed by atoms with Gasteiger partial charge in [-0.25, -0.2) is 4.21 Å². The summed E-state index contributed by atoms with van der Waals surface area (Å²) in [5, 5.41) is 8.07. The minimum absolute atomic E-state index is 0.140. The third-order valence-corrected chi connectivity index (χ3v) is 1.82. The first-order valence-corrected chi connectivity index (χ1v) is 4.17. The number of hydrogen-bond donors (Lipinski definition) is 2. The lowest BCUT2D eigenvalue weighted by Crippen LogP contribution is -2.05. The lowest BCUT2D eigenvalue weighted by molar-refractivity contribution is 0.107. The van der Waals surface area contributed by atoms with Gasteiger partial charge in [-0.2, -0.15) is 0 Å². The fourth-order valence-corrected chi connectivity index (χ4v) is 1.10. The average molecular weight is 186 g/mol. The Labute approximate surface area is 71.1 Å². The van der Waals surface area contributed by atoms with Gasteiger partial charge in [-0.05, 0) is 12.1 Å². The van der Waals surface area contributed by atoms with E-state index < -0.39 is 16.2 Å². The fraction of sp³-hybridized carbons (Fsp3) is 0. The zero-order chi connectivity index (χ0) is 9.14. The smallest absolute Gasteiger partial charge is 0.280 e. The van der Waals surface area contributed by atoms with E-state index >= 15 is 0 Å². The Morgan fingerprint density at radius 2 is 1.92 bits per heavy atom. The molecule has 5 heteroatoms. The Bertz CT molecular complexity index is 334. The Morgan fingerprint density at radius 1 is 1.33 bits per heavy atom. The molecule has 1 rings (SSSR count). The van der Waals surface area contributed by atoms with E-state index in [1.54, 1.807) is 0 Å².